The Bertz CT molecular complexity index is 1840. The van der Waals surface area contributed by atoms with Gasteiger partial charge in [0.05, 0.1) is 0 Å². The van der Waals surface area contributed by atoms with Crippen molar-refractivity contribution in [1.29, 1.82) is 0 Å². The van der Waals surface area contributed by atoms with Crippen LogP contribution in [0.1, 0.15) is 129 Å². The Hall–Kier alpha value is -3.33. The molecule has 45 heavy (non-hydrogen) atoms. The second-order valence-corrected chi connectivity index (χ2v) is 18.1. The molecule has 232 valence electrons. The molecule has 3 heterocycles. The van der Waals surface area contributed by atoms with Crippen molar-refractivity contribution in [3.05, 3.63) is 100 Å². The minimum atomic E-state index is -0.135. The summed E-state index contributed by atoms with van der Waals surface area (Å²) in [7, 11) is 0. The van der Waals surface area contributed by atoms with Gasteiger partial charge in [0.25, 0.3) is 0 Å². The fourth-order valence-electron chi connectivity index (χ4n) is 8.46. The summed E-state index contributed by atoms with van der Waals surface area (Å²) in [5.74, 6) is 1.08. The zero-order valence-electron chi connectivity index (χ0n) is 29.7. The van der Waals surface area contributed by atoms with Gasteiger partial charge in [0.15, 0.2) is 0 Å². The number of hydrogen-bond donors (Lipinski definition) is 0. The summed E-state index contributed by atoms with van der Waals surface area (Å²) < 4.78 is 0. The van der Waals surface area contributed by atoms with E-state index in [2.05, 4.69) is 155 Å². The van der Waals surface area contributed by atoms with E-state index in [1.807, 2.05) is 0 Å². The molecule has 1 aliphatic carbocycles. The highest BCUT2D eigenvalue weighted by atomic mass is 15.2. The predicted molar refractivity (Wildman–Crippen MR) is 195 cm³/mol. The van der Waals surface area contributed by atoms with Crippen LogP contribution >= 0.6 is 0 Å². The van der Waals surface area contributed by atoms with Crippen LogP contribution in [0.4, 0.5) is 17.2 Å². The largest absolute Gasteiger partial charge is 0.296 e. The predicted octanol–water partition coefficient (Wildman–Crippen LogP) is 8.96. The lowest BCUT2D eigenvalue weighted by molar-refractivity contribution is 0.332. The fourth-order valence-corrected chi connectivity index (χ4v) is 8.46. The second-order valence-electron chi connectivity index (χ2n) is 18.1. The lowest BCUT2D eigenvalue weighted by atomic mass is 9.30. The van der Waals surface area contributed by atoms with E-state index in [1.165, 1.54) is 74.0 Å². The summed E-state index contributed by atoms with van der Waals surface area (Å²) in [6.07, 6.45) is 4.45. The first-order valence-corrected chi connectivity index (χ1v) is 17.1. The number of hydrogen-bond acceptors (Lipinski definition) is 2. The third kappa shape index (κ3) is 4.47. The molecule has 2 nitrogen and oxygen atoms in total. The van der Waals surface area contributed by atoms with Crippen molar-refractivity contribution >= 4 is 40.3 Å². The number of pyridine rings is 1. The molecule has 7 rings (SSSR count). The van der Waals surface area contributed by atoms with Gasteiger partial charge in [-0.2, -0.15) is 0 Å². The highest BCUT2D eigenvalue weighted by molar-refractivity contribution is 6.99. The third-order valence-electron chi connectivity index (χ3n) is 11.6. The quantitative estimate of drug-likeness (QED) is 0.180. The van der Waals surface area contributed by atoms with Crippen molar-refractivity contribution in [2.24, 2.45) is 0 Å². The van der Waals surface area contributed by atoms with Gasteiger partial charge in [-0.15, -0.1) is 0 Å². The van der Waals surface area contributed by atoms with Crippen LogP contribution in [0.25, 0.3) is 0 Å². The number of rotatable bonds is 1. The molecule has 0 radical (unpaired) electrons. The van der Waals surface area contributed by atoms with Crippen molar-refractivity contribution in [1.82, 2.24) is 4.98 Å². The molecule has 0 amide bonds. The first-order valence-electron chi connectivity index (χ1n) is 17.1. The molecule has 0 fully saturated rings. The van der Waals surface area contributed by atoms with Crippen LogP contribution in [0.5, 0.6) is 0 Å². The molecular formula is C42H51BN2. The second kappa shape index (κ2) is 9.37. The van der Waals surface area contributed by atoms with Crippen LogP contribution < -0.4 is 21.3 Å². The van der Waals surface area contributed by atoms with Crippen molar-refractivity contribution in [3.63, 3.8) is 0 Å². The summed E-state index contributed by atoms with van der Waals surface area (Å²) in [4.78, 5) is 7.74. The molecule has 0 N–H and O–H groups in total. The molecule has 0 unspecified atom stereocenters. The van der Waals surface area contributed by atoms with Gasteiger partial charge in [0.2, 0.25) is 6.71 Å². The first kappa shape index (κ1) is 30.3. The molecule has 0 saturated heterocycles. The summed E-state index contributed by atoms with van der Waals surface area (Å²) >= 11 is 0. The van der Waals surface area contributed by atoms with Crippen LogP contribution in [-0.4, -0.2) is 11.7 Å². The van der Waals surface area contributed by atoms with Crippen LogP contribution in [0.3, 0.4) is 0 Å². The molecule has 0 atom stereocenters. The SMILES string of the molecule is CC(C)(C)c1ccc(N2c3cc4c(cc3B3c5cc(C(C)(C)C)ccc5C(C)(C)c5ccnc2c53)C(C)(C)CCC4(C)C)cc1. The van der Waals surface area contributed by atoms with Gasteiger partial charge in [-0.25, -0.2) is 4.98 Å². The molecule has 2 aliphatic heterocycles. The zero-order chi connectivity index (χ0) is 32.5. The molecule has 0 spiro atoms. The Morgan fingerprint density at radius 1 is 0.622 bits per heavy atom. The monoisotopic (exact) mass is 594 g/mol. The number of fused-ring (bicyclic) bond motifs is 5. The van der Waals surface area contributed by atoms with Gasteiger partial charge in [-0.3, -0.25) is 4.90 Å². The van der Waals surface area contributed by atoms with E-state index in [0.29, 0.717) is 0 Å². The maximum atomic E-state index is 5.25. The number of aromatic nitrogens is 1. The minimum absolute atomic E-state index is 0.0669. The lowest BCUT2D eigenvalue weighted by Crippen LogP contribution is -2.64. The Morgan fingerprint density at radius 3 is 1.80 bits per heavy atom. The third-order valence-corrected chi connectivity index (χ3v) is 11.6. The fraction of sp³-hybridized carbons (Fsp3) is 0.452. The van der Waals surface area contributed by atoms with Gasteiger partial charge in [-0.05, 0) is 103 Å². The average Bonchev–Trinajstić information content (AvgIpc) is 2.96. The van der Waals surface area contributed by atoms with Gasteiger partial charge < -0.3 is 0 Å². The Morgan fingerprint density at radius 2 is 1.20 bits per heavy atom. The molecule has 4 aromatic rings. The molecule has 3 aliphatic rings. The van der Waals surface area contributed by atoms with Crippen molar-refractivity contribution in [2.45, 2.75) is 123 Å². The van der Waals surface area contributed by atoms with Gasteiger partial charge >= 0.3 is 0 Å². The van der Waals surface area contributed by atoms with Crippen LogP contribution in [0, 0.1) is 0 Å². The number of benzene rings is 3. The minimum Gasteiger partial charge on any atom is -0.296 e. The van der Waals surface area contributed by atoms with E-state index >= 15 is 0 Å². The van der Waals surface area contributed by atoms with E-state index in [0.717, 1.165) is 5.82 Å². The molecule has 3 heteroatoms. The molecule has 0 bridgehead atoms. The molecule has 0 saturated carbocycles. The van der Waals surface area contributed by atoms with Gasteiger partial charge in [0.1, 0.15) is 5.82 Å². The molecular weight excluding hydrogens is 543 g/mol. The summed E-state index contributed by atoms with van der Waals surface area (Å²) in [5, 5.41) is 0. The average molecular weight is 595 g/mol. The van der Waals surface area contributed by atoms with Gasteiger partial charge in [0, 0.05) is 23.0 Å². The van der Waals surface area contributed by atoms with Gasteiger partial charge in [-0.1, -0.05) is 125 Å². The van der Waals surface area contributed by atoms with Crippen LogP contribution in [-0.2, 0) is 27.1 Å². The number of nitrogens with zero attached hydrogens (tertiary/aromatic N) is 2. The van der Waals surface area contributed by atoms with Crippen molar-refractivity contribution in [3.8, 4) is 0 Å². The summed E-state index contributed by atoms with van der Waals surface area (Å²) in [5.41, 5.74) is 15.6. The Kier molecular flexibility index (Phi) is 6.31. The van der Waals surface area contributed by atoms with Crippen molar-refractivity contribution < 1.29 is 0 Å². The Balaban J connectivity index is 1.59. The first-order chi connectivity index (χ1) is 20.8. The summed E-state index contributed by atoms with van der Waals surface area (Å²) in [6, 6.07) is 24.1. The topological polar surface area (TPSA) is 16.1 Å². The normalized spacial score (nSPS) is 18.9. The van der Waals surface area contributed by atoms with E-state index in [9.17, 15) is 0 Å². The maximum absolute atomic E-state index is 5.25. The van der Waals surface area contributed by atoms with E-state index in [-0.39, 0.29) is 33.8 Å². The van der Waals surface area contributed by atoms with E-state index in [4.69, 9.17) is 4.98 Å². The molecule has 3 aromatic carbocycles. The Labute approximate surface area is 272 Å². The van der Waals surface area contributed by atoms with E-state index in [1.54, 1.807) is 0 Å². The highest BCUT2D eigenvalue weighted by Crippen LogP contribution is 2.49. The zero-order valence-corrected chi connectivity index (χ0v) is 29.7. The van der Waals surface area contributed by atoms with Crippen LogP contribution in [0.15, 0.2) is 66.9 Å². The van der Waals surface area contributed by atoms with E-state index < -0.39 is 0 Å². The van der Waals surface area contributed by atoms with Crippen molar-refractivity contribution in [2.75, 3.05) is 4.90 Å². The lowest BCUT2D eigenvalue weighted by Gasteiger charge is -2.47. The van der Waals surface area contributed by atoms with Crippen LogP contribution in [0.2, 0.25) is 0 Å². The smallest absolute Gasteiger partial charge is 0.249 e. The highest BCUT2D eigenvalue weighted by Gasteiger charge is 2.48. The maximum Gasteiger partial charge on any atom is 0.249 e. The summed E-state index contributed by atoms with van der Waals surface area (Å²) in [6.45, 7) is 28.6. The molecule has 1 aromatic heterocycles. The standard InChI is InChI=1S/C42H51BN2/c1-38(2,3)26-13-16-28(17-14-26)45-35-25-32-31(40(7,8)20-21-41(32,9)10)24-34(35)43-33-23-27(39(4,5)6)15-18-29(33)42(11,12)30-19-22-44-37(45)36(30)43/h13-19,22-25H,20-21H2,1-12H3. The number of anilines is 3.